The van der Waals surface area contributed by atoms with E-state index in [1.807, 2.05) is 29.8 Å². The van der Waals surface area contributed by atoms with E-state index in [4.69, 9.17) is 11.6 Å². The molecule has 1 heterocycles. The van der Waals surface area contributed by atoms with Crippen LogP contribution in [0, 0.1) is 0 Å². The van der Waals surface area contributed by atoms with Gasteiger partial charge in [-0.25, -0.2) is 4.98 Å². The predicted molar refractivity (Wildman–Crippen MR) is 68.8 cm³/mol. The fourth-order valence-corrected chi connectivity index (χ4v) is 2.34. The minimum atomic E-state index is 0.277. The number of nitrogens with one attached hydrogen (secondary N) is 1. The first-order chi connectivity index (χ1) is 7.75. The smallest absolute Gasteiger partial charge is 0.109 e. The van der Waals surface area contributed by atoms with Gasteiger partial charge >= 0.3 is 0 Å². The number of hydrogen-bond acceptors (Lipinski definition) is 3. The summed E-state index contributed by atoms with van der Waals surface area (Å²) in [5.74, 6) is 0. The molecule has 1 N–H and O–H groups in total. The topological polar surface area (TPSA) is 24.9 Å². The molecular weight excluding hydrogens is 240 g/mol. The van der Waals surface area contributed by atoms with Gasteiger partial charge in [-0.1, -0.05) is 23.7 Å². The molecule has 0 aliphatic rings. The fraction of sp³-hybridized carbons (Fsp3) is 0.250. The van der Waals surface area contributed by atoms with Gasteiger partial charge in [-0.3, -0.25) is 0 Å². The normalized spacial score (nSPS) is 12.6. The Labute approximate surface area is 104 Å². The van der Waals surface area contributed by atoms with Crippen molar-refractivity contribution in [1.82, 2.24) is 10.3 Å². The van der Waals surface area contributed by atoms with Crippen molar-refractivity contribution >= 4 is 22.9 Å². The van der Waals surface area contributed by atoms with Gasteiger partial charge in [0.25, 0.3) is 0 Å². The lowest BCUT2D eigenvalue weighted by molar-refractivity contribution is 0.572. The van der Waals surface area contributed by atoms with E-state index in [1.54, 1.807) is 11.3 Å². The zero-order chi connectivity index (χ0) is 11.4. The molecular formula is C12H13ClN2S. The van der Waals surface area contributed by atoms with E-state index in [0.29, 0.717) is 0 Å². The molecule has 1 unspecified atom stereocenters. The number of halogens is 1. The lowest BCUT2D eigenvalue weighted by atomic mass is 10.2. The molecule has 4 heteroatoms. The first kappa shape index (κ1) is 11.6. The van der Waals surface area contributed by atoms with Gasteiger partial charge in [0.05, 0.1) is 6.04 Å². The minimum absolute atomic E-state index is 0.277. The molecule has 2 rings (SSSR count). The summed E-state index contributed by atoms with van der Waals surface area (Å²) >= 11 is 7.59. The summed E-state index contributed by atoms with van der Waals surface area (Å²) in [5, 5.41) is 7.30. The first-order valence-electron chi connectivity index (χ1n) is 5.13. The Morgan fingerprint density at radius 1 is 1.50 bits per heavy atom. The average molecular weight is 253 g/mol. The van der Waals surface area contributed by atoms with E-state index in [2.05, 4.69) is 23.3 Å². The Hall–Kier alpha value is -0.900. The molecule has 0 aliphatic carbocycles. The van der Waals surface area contributed by atoms with E-state index < -0.39 is 0 Å². The zero-order valence-corrected chi connectivity index (χ0v) is 10.6. The van der Waals surface area contributed by atoms with Crippen LogP contribution in [0.5, 0.6) is 0 Å². The summed E-state index contributed by atoms with van der Waals surface area (Å²) in [6, 6.07) is 8.17. The monoisotopic (exact) mass is 252 g/mol. The zero-order valence-electron chi connectivity index (χ0n) is 8.98. The van der Waals surface area contributed by atoms with Crippen LogP contribution in [-0.4, -0.2) is 4.98 Å². The number of rotatable bonds is 4. The number of aromatic nitrogens is 1. The SMILES string of the molecule is CC(NCc1cccc(Cl)c1)c1nccs1. The Kier molecular flexibility index (Phi) is 3.93. The van der Waals surface area contributed by atoms with E-state index in [9.17, 15) is 0 Å². The molecule has 0 saturated heterocycles. The van der Waals surface area contributed by atoms with Gasteiger partial charge < -0.3 is 5.32 Å². The molecule has 1 atom stereocenters. The summed E-state index contributed by atoms with van der Waals surface area (Å²) in [4.78, 5) is 4.28. The molecule has 0 bridgehead atoms. The minimum Gasteiger partial charge on any atom is -0.304 e. The lowest BCUT2D eigenvalue weighted by Crippen LogP contribution is -2.17. The van der Waals surface area contributed by atoms with Crippen LogP contribution in [0.1, 0.15) is 23.5 Å². The van der Waals surface area contributed by atoms with Crippen molar-refractivity contribution in [2.75, 3.05) is 0 Å². The van der Waals surface area contributed by atoms with Crippen LogP contribution in [0.15, 0.2) is 35.8 Å². The van der Waals surface area contributed by atoms with Gasteiger partial charge in [0.15, 0.2) is 0 Å². The van der Waals surface area contributed by atoms with Crippen molar-refractivity contribution in [2.45, 2.75) is 19.5 Å². The van der Waals surface area contributed by atoms with Gasteiger partial charge in [0, 0.05) is 23.1 Å². The van der Waals surface area contributed by atoms with Crippen LogP contribution in [0.2, 0.25) is 5.02 Å². The Bertz CT molecular complexity index is 442. The summed E-state index contributed by atoms with van der Waals surface area (Å²) in [5.41, 5.74) is 1.19. The Balaban J connectivity index is 1.92. The second-order valence-electron chi connectivity index (χ2n) is 3.60. The first-order valence-corrected chi connectivity index (χ1v) is 6.38. The van der Waals surface area contributed by atoms with Crippen molar-refractivity contribution in [3.05, 3.63) is 51.4 Å². The highest BCUT2D eigenvalue weighted by atomic mass is 35.5. The van der Waals surface area contributed by atoms with Crippen LogP contribution < -0.4 is 5.32 Å². The third-order valence-electron chi connectivity index (χ3n) is 2.32. The summed E-state index contributed by atoms with van der Waals surface area (Å²) < 4.78 is 0. The van der Waals surface area contributed by atoms with Crippen LogP contribution in [0.25, 0.3) is 0 Å². The van der Waals surface area contributed by atoms with E-state index in [1.165, 1.54) is 5.56 Å². The van der Waals surface area contributed by atoms with Crippen molar-refractivity contribution in [3.63, 3.8) is 0 Å². The molecule has 1 aromatic heterocycles. The molecule has 0 saturated carbocycles. The highest BCUT2D eigenvalue weighted by Crippen LogP contribution is 2.16. The second kappa shape index (κ2) is 5.43. The van der Waals surface area contributed by atoms with Gasteiger partial charge in [-0.05, 0) is 24.6 Å². The third kappa shape index (κ3) is 3.04. The van der Waals surface area contributed by atoms with Crippen molar-refractivity contribution in [3.8, 4) is 0 Å². The maximum absolute atomic E-state index is 5.92. The number of nitrogens with zero attached hydrogens (tertiary/aromatic N) is 1. The van der Waals surface area contributed by atoms with Gasteiger partial charge in [0.1, 0.15) is 5.01 Å². The van der Waals surface area contributed by atoms with Crippen molar-refractivity contribution in [1.29, 1.82) is 0 Å². The molecule has 0 aliphatic heterocycles. The van der Waals surface area contributed by atoms with Crippen LogP contribution >= 0.6 is 22.9 Å². The van der Waals surface area contributed by atoms with Crippen LogP contribution in [0.3, 0.4) is 0 Å². The largest absolute Gasteiger partial charge is 0.304 e. The maximum atomic E-state index is 5.92. The quantitative estimate of drug-likeness (QED) is 0.899. The third-order valence-corrected chi connectivity index (χ3v) is 3.52. The standard InChI is InChI=1S/C12H13ClN2S/c1-9(12-14-5-6-16-12)15-8-10-3-2-4-11(13)7-10/h2-7,9,15H,8H2,1H3. The highest BCUT2D eigenvalue weighted by molar-refractivity contribution is 7.09. The van der Waals surface area contributed by atoms with Crippen LogP contribution in [-0.2, 0) is 6.54 Å². The molecule has 2 nitrogen and oxygen atoms in total. The number of hydrogen-bond donors (Lipinski definition) is 1. The van der Waals surface area contributed by atoms with Gasteiger partial charge in [-0.15, -0.1) is 11.3 Å². The number of thiazole rings is 1. The second-order valence-corrected chi connectivity index (χ2v) is 4.97. The fourth-order valence-electron chi connectivity index (χ4n) is 1.45. The van der Waals surface area contributed by atoms with Crippen molar-refractivity contribution in [2.24, 2.45) is 0 Å². The Morgan fingerprint density at radius 2 is 2.38 bits per heavy atom. The molecule has 84 valence electrons. The van der Waals surface area contributed by atoms with E-state index in [-0.39, 0.29) is 6.04 Å². The highest BCUT2D eigenvalue weighted by Gasteiger charge is 2.06. The number of benzene rings is 1. The molecule has 2 aromatic rings. The van der Waals surface area contributed by atoms with E-state index >= 15 is 0 Å². The molecule has 0 radical (unpaired) electrons. The molecule has 0 fully saturated rings. The Morgan fingerprint density at radius 3 is 3.06 bits per heavy atom. The van der Waals surface area contributed by atoms with Gasteiger partial charge in [-0.2, -0.15) is 0 Å². The average Bonchev–Trinajstić information content (AvgIpc) is 2.79. The molecule has 0 amide bonds. The van der Waals surface area contributed by atoms with Crippen molar-refractivity contribution < 1.29 is 0 Å². The van der Waals surface area contributed by atoms with Crippen LogP contribution in [0.4, 0.5) is 0 Å². The molecule has 0 spiro atoms. The lowest BCUT2D eigenvalue weighted by Gasteiger charge is -2.11. The summed E-state index contributed by atoms with van der Waals surface area (Å²) in [6.07, 6.45) is 1.83. The molecule has 1 aromatic carbocycles. The summed E-state index contributed by atoms with van der Waals surface area (Å²) in [7, 11) is 0. The van der Waals surface area contributed by atoms with E-state index in [0.717, 1.165) is 16.6 Å². The van der Waals surface area contributed by atoms with Gasteiger partial charge in [0.2, 0.25) is 0 Å². The maximum Gasteiger partial charge on any atom is 0.109 e. The predicted octanol–water partition coefficient (Wildman–Crippen LogP) is 3.65. The summed E-state index contributed by atoms with van der Waals surface area (Å²) in [6.45, 7) is 2.92. The molecule has 16 heavy (non-hydrogen) atoms.